The van der Waals surface area contributed by atoms with Crippen molar-refractivity contribution in [3.63, 3.8) is 0 Å². The zero-order valence-corrected chi connectivity index (χ0v) is 13.9. The van der Waals surface area contributed by atoms with Crippen LogP contribution in [-0.4, -0.2) is 59.4 Å². The zero-order valence-electron chi connectivity index (χ0n) is 13.9. The normalized spacial score (nSPS) is 10.8. The molecule has 0 unspecified atom stereocenters. The van der Waals surface area contributed by atoms with E-state index in [4.69, 9.17) is 4.42 Å². The Morgan fingerprint density at radius 3 is 2.46 bits per heavy atom. The van der Waals surface area contributed by atoms with Crippen molar-refractivity contribution in [1.29, 1.82) is 0 Å². The van der Waals surface area contributed by atoms with Crippen molar-refractivity contribution in [2.45, 2.75) is 6.42 Å². The van der Waals surface area contributed by atoms with Crippen molar-refractivity contribution < 1.29 is 24.3 Å². The summed E-state index contributed by atoms with van der Waals surface area (Å²) in [4.78, 5) is 35.0. The van der Waals surface area contributed by atoms with E-state index in [0.29, 0.717) is 25.3 Å². The monoisotopic (exact) mass is 369 g/mol. The molecule has 0 radical (unpaired) electrons. The molecule has 0 bridgehead atoms. The number of hydrogen-bond donors (Lipinski definition) is 1. The Bertz CT molecular complexity index is 703. The molecule has 0 saturated heterocycles. The lowest BCUT2D eigenvalue weighted by molar-refractivity contribution is -0.758. The number of aromatic nitrogens is 1. The molecule has 0 saturated carbocycles. The minimum Gasteiger partial charge on any atom is -0.464 e. The molecule has 0 fully saturated rings. The Morgan fingerprint density at radius 1 is 1.12 bits per heavy atom. The van der Waals surface area contributed by atoms with Gasteiger partial charge in [0.05, 0.1) is 11.6 Å². The van der Waals surface area contributed by atoms with Gasteiger partial charge in [-0.05, 0) is 25.1 Å². The minimum atomic E-state index is -0.871. The number of rotatable bonds is 13. The standard InChI is InChI=1S/C14H19N5O7/c20-18(21)25-10-7-17(8-11-26-19(22)23)6-1-4-15-14-12-3-9-24-13(12)2-5-16-14/h2-3,5,9H,1,4,6-8,10-11H2,(H,15,16). The van der Waals surface area contributed by atoms with Crippen LogP contribution in [0.25, 0.3) is 11.0 Å². The quantitative estimate of drug-likeness (QED) is 0.312. The van der Waals surface area contributed by atoms with Gasteiger partial charge in [0, 0.05) is 25.8 Å². The number of fused-ring (bicyclic) bond motifs is 1. The fourth-order valence-corrected chi connectivity index (χ4v) is 2.37. The molecule has 2 rings (SSSR count). The van der Waals surface area contributed by atoms with Crippen LogP contribution in [0.1, 0.15) is 6.42 Å². The Morgan fingerprint density at radius 2 is 1.81 bits per heavy atom. The predicted molar refractivity (Wildman–Crippen MR) is 89.4 cm³/mol. The van der Waals surface area contributed by atoms with Gasteiger partial charge in [-0.15, -0.1) is 20.2 Å². The molecule has 0 aliphatic heterocycles. The summed E-state index contributed by atoms with van der Waals surface area (Å²) in [6.45, 7) is 1.44. The number of nitrogens with one attached hydrogen (secondary N) is 1. The average Bonchev–Trinajstić information content (AvgIpc) is 3.07. The minimum absolute atomic E-state index is 0.116. The summed E-state index contributed by atoms with van der Waals surface area (Å²) in [7, 11) is 0. The highest BCUT2D eigenvalue weighted by Gasteiger charge is 2.08. The first-order valence-electron chi connectivity index (χ1n) is 7.89. The Labute approximate surface area is 147 Å². The highest BCUT2D eigenvalue weighted by molar-refractivity contribution is 5.87. The lowest BCUT2D eigenvalue weighted by atomic mass is 10.3. The largest absolute Gasteiger partial charge is 0.464 e. The van der Waals surface area contributed by atoms with Gasteiger partial charge in [-0.25, -0.2) is 4.98 Å². The van der Waals surface area contributed by atoms with E-state index in [9.17, 15) is 20.2 Å². The number of nitrogens with zero attached hydrogens (tertiary/aromatic N) is 4. The van der Waals surface area contributed by atoms with Gasteiger partial charge < -0.3 is 19.4 Å². The molecule has 2 aromatic heterocycles. The molecule has 2 aromatic rings. The van der Waals surface area contributed by atoms with Gasteiger partial charge in [-0.1, -0.05) is 0 Å². The third-order valence-electron chi connectivity index (χ3n) is 3.53. The SMILES string of the molecule is O=[N+]([O-])OCCN(CCCNc1nccc2occc12)CCO[N+](=O)[O-]. The second-order valence-corrected chi connectivity index (χ2v) is 5.23. The molecule has 1 N–H and O–H groups in total. The second kappa shape index (κ2) is 9.98. The number of furan rings is 1. The topological polar surface area (TPSA) is 146 Å². The van der Waals surface area contributed by atoms with Crippen LogP contribution >= 0.6 is 0 Å². The summed E-state index contributed by atoms with van der Waals surface area (Å²) in [5.74, 6) is 0.705. The molecule has 12 nitrogen and oxygen atoms in total. The molecule has 0 atom stereocenters. The smallest absolute Gasteiger partial charge is 0.294 e. The van der Waals surface area contributed by atoms with Gasteiger partial charge in [-0.2, -0.15) is 0 Å². The summed E-state index contributed by atoms with van der Waals surface area (Å²) in [5, 5.41) is 22.8. The van der Waals surface area contributed by atoms with Crippen LogP contribution in [0.4, 0.5) is 5.82 Å². The van der Waals surface area contributed by atoms with Gasteiger partial charge in [-0.3, -0.25) is 4.90 Å². The van der Waals surface area contributed by atoms with Crippen molar-refractivity contribution >= 4 is 16.8 Å². The molecule has 142 valence electrons. The molecular formula is C14H19N5O7. The fraction of sp³-hybridized carbons (Fsp3) is 0.500. The average molecular weight is 369 g/mol. The molecule has 12 heteroatoms. The summed E-state index contributed by atoms with van der Waals surface area (Å²) < 4.78 is 5.30. The van der Waals surface area contributed by atoms with Crippen LogP contribution in [0.15, 0.2) is 29.0 Å². The molecular weight excluding hydrogens is 350 g/mol. The van der Waals surface area contributed by atoms with Crippen molar-refractivity contribution in [3.8, 4) is 0 Å². The maximum Gasteiger partial charge on any atom is 0.294 e. The molecule has 0 aromatic carbocycles. The molecule has 0 aliphatic carbocycles. The zero-order chi connectivity index (χ0) is 18.8. The van der Waals surface area contributed by atoms with Crippen LogP contribution in [0, 0.1) is 20.2 Å². The number of pyridine rings is 1. The van der Waals surface area contributed by atoms with Crippen molar-refractivity contribution in [2.24, 2.45) is 0 Å². The first kappa shape index (κ1) is 19.2. The fourth-order valence-electron chi connectivity index (χ4n) is 2.37. The molecule has 0 aliphatic rings. The highest BCUT2D eigenvalue weighted by atomic mass is 17.0. The maximum absolute atomic E-state index is 10.2. The van der Waals surface area contributed by atoms with Gasteiger partial charge in [0.25, 0.3) is 10.2 Å². The van der Waals surface area contributed by atoms with Gasteiger partial charge in [0.15, 0.2) is 0 Å². The van der Waals surface area contributed by atoms with E-state index in [-0.39, 0.29) is 26.3 Å². The van der Waals surface area contributed by atoms with Crippen molar-refractivity contribution in [3.05, 3.63) is 44.8 Å². The van der Waals surface area contributed by atoms with Gasteiger partial charge in [0.2, 0.25) is 0 Å². The first-order valence-corrected chi connectivity index (χ1v) is 7.89. The Kier molecular flexibility index (Phi) is 7.36. The van der Waals surface area contributed by atoms with E-state index in [1.54, 1.807) is 23.4 Å². The molecule has 26 heavy (non-hydrogen) atoms. The lowest BCUT2D eigenvalue weighted by Crippen LogP contribution is -2.33. The Balaban J connectivity index is 1.76. The van der Waals surface area contributed by atoms with E-state index < -0.39 is 10.2 Å². The van der Waals surface area contributed by atoms with E-state index in [0.717, 1.165) is 11.0 Å². The van der Waals surface area contributed by atoms with E-state index in [1.165, 1.54) is 0 Å². The maximum atomic E-state index is 10.2. The summed E-state index contributed by atoms with van der Waals surface area (Å²) in [6.07, 6.45) is 3.92. The van der Waals surface area contributed by atoms with E-state index in [1.807, 2.05) is 6.07 Å². The summed E-state index contributed by atoms with van der Waals surface area (Å²) >= 11 is 0. The molecule has 0 spiro atoms. The molecule has 2 heterocycles. The lowest BCUT2D eigenvalue weighted by Gasteiger charge is -2.21. The van der Waals surface area contributed by atoms with Crippen LogP contribution in [0.2, 0.25) is 0 Å². The summed E-state index contributed by atoms with van der Waals surface area (Å²) in [6, 6.07) is 3.59. The van der Waals surface area contributed by atoms with Gasteiger partial charge >= 0.3 is 0 Å². The van der Waals surface area contributed by atoms with Gasteiger partial charge in [0.1, 0.15) is 24.6 Å². The van der Waals surface area contributed by atoms with Crippen molar-refractivity contribution in [2.75, 3.05) is 44.7 Å². The van der Waals surface area contributed by atoms with Crippen molar-refractivity contribution in [1.82, 2.24) is 9.88 Å². The summed E-state index contributed by atoms with van der Waals surface area (Å²) in [5.41, 5.74) is 0.734. The third kappa shape index (κ3) is 6.39. The first-order chi connectivity index (χ1) is 12.6. The number of anilines is 1. The third-order valence-corrected chi connectivity index (χ3v) is 3.53. The van der Waals surface area contributed by atoms with Crippen LogP contribution in [-0.2, 0) is 9.68 Å². The predicted octanol–water partition coefficient (Wildman–Crippen LogP) is 1.35. The molecule has 0 amide bonds. The van der Waals surface area contributed by atoms with Crippen LogP contribution < -0.4 is 5.32 Å². The Hall–Kier alpha value is -3.15. The van der Waals surface area contributed by atoms with E-state index in [2.05, 4.69) is 20.0 Å². The van der Waals surface area contributed by atoms with E-state index >= 15 is 0 Å². The number of hydrogen-bond acceptors (Lipinski definition) is 10. The highest BCUT2D eigenvalue weighted by Crippen LogP contribution is 2.21. The van der Waals surface area contributed by atoms with Crippen LogP contribution in [0.5, 0.6) is 0 Å². The second-order valence-electron chi connectivity index (χ2n) is 5.23. The van der Waals surface area contributed by atoms with Crippen LogP contribution in [0.3, 0.4) is 0 Å².